The Balaban J connectivity index is 2.19. The van der Waals surface area contributed by atoms with Crippen LogP contribution in [0.15, 0.2) is 30.3 Å². The van der Waals surface area contributed by atoms with E-state index in [0.29, 0.717) is 5.75 Å². The molecule has 2 N–H and O–H groups in total. The van der Waals surface area contributed by atoms with Crippen molar-refractivity contribution in [2.24, 2.45) is 0 Å². The quantitative estimate of drug-likeness (QED) is 0.703. The van der Waals surface area contributed by atoms with E-state index in [1.165, 1.54) is 11.3 Å². The molecule has 0 spiro atoms. The number of benzene rings is 2. The van der Waals surface area contributed by atoms with Gasteiger partial charge in [-0.15, -0.1) is 11.3 Å². The van der Waals surface area contributed by atoms with Crippen molar-refractivity contribution in [3.63, 3.8) is 0 Å². The first kappa shape index (κ1) is 12.0. The molecule has 0 atom stereocenters. The number of rotatable bonds is 1. The number of nitrogens with zero attached hydrogens (tertiary/aromatic N) is 1. The Labute approximate surface area is 114 Å². The van der Waals surface area contributed by atoms with Gasteiger partial charge in [0.25, 0.3) is 0 Å². The average molecular weight is 271 g/mol. The number of phenolic OH excluding ortho intramolecular Hbond substituents is 2. The number of hydrogen-bond donors (Lipinski definition) is 2. The highest BCUT2D eigenvalue weighted by Crippen LogP contribution is 2.35. The molecule has 0 saturated carbocycles. The van der Waals surface area contributed by atoms with E-state index in [9.17, 15) is 10.2 Å². The van der Waals surface area contributed by atoms with Crippen molar-refractivity contribution in [2.75, 3.05) is 0 Å². The molecular formula is C15H13NO2S. The van der Waals surface area contributed by atoms with Gasteiger partial charge in [-0.3, -0.25) is 0 Å². The predicted molar refractivity (Wildman–Crippen MR) is 77.9 cm³/mol. The van der Waals surface area contributed by atoms with E-state index in [2.05, 4.69) is 4.98 Å². The lowest BCUT2D eigenvalue weighted by atomic mass is 10.1. The largest absolute Gasteiger partial charge is 0.508 e. The zero-order valence-electron chi connectivity index (χ0n) is 10.6. The summed E-state index contributed by atoms with van der Waals surface area (Å²) in [5.74, 6) is 0.586. The van der Waals surface area contributed by atoms with Crippen LogP contribution in [0.3, 0.4) is 0 Å². The van der Waals surface area contributed by atoms with Crippen LogP contribution >= 0.6 is 11.3 Å². The number of aryl methyl sites for hydroxylation is 2. The third-order valence-electron chi connectivity index (χ3n) is 3.11. The van der Waals surface area contributed by atoms with Crippen LogP contribution in [0.5, 0.6) is 11.5 Å². The van der Waals surface area contributed by atoms with Gasteiger partial charge < -0.3 is 10.2 Å². The Hall–Kier alpha value is -2.07. The van der Waals surface area contributed by atoms with Gasteiger partial charge in [0, 0.05) is 5.56 Å². The summed E-state index contributed by atoms with van der Waals surface area (Å²) < 4.78 is 0.957. The fourth-order valence-corrected chi connectivity index (χ4v) is 3.10. The van der Waals surface area contributed by atoms with Crippen molar-refractivity contribution in [1.82, 2.24) is 4.98 Å². The molecule has 0 saturated heterocycles. The second-order valence-corrected chi connectivity index (χ2v) is 5.66. The number of aromatic nitrogens is 1. The molecule has 0 bridgehead atoms. The van der Waals surface area contributed by atoms with Crippen molar-refractivity contribution in [2.45, 2.75) is 13.8 Å². The first-order valence-electron chi connectivity index (χ1n) is 5.95. The fraction of sp³-hybridized carbons (Fsp3) is 0.133. The summed E-state index contributed by atoms with van der Waals surface area (Å²) in [5, 5.41) is 20.2. The number of aromatic hydroxyl groups is 2. The lowest BCUT2D eigenvalue weighted by Gasteiger charge is -2.05. The maximum atomic E-state index is 9.80. The molecule has 3 nitrogen and oxygen atoms in total. The molecule has 1 aromatic heterocycles. The van der Waals surface area contributed by atoms with Gasteiger partial charge in [0.1, 0.15) is 16.5 Å². The van der Waals surface area contributed by atoms with Gasteiger partial charge in [-0.25, -0.2) is 4.98 Å². The van der Waals surface area contributed by atoms with Crippen LogP contribution in [0, 0.1) is 13.8 Å². The van der Waals surface area contributed by atoms with Crippen LogP contribution in [0.1, 0.15) is 11.1 Å². The lowest BCUT2D eigenvalue weighted by molar-refractivity contribution is 0.467. The molecular weight excluding hydrogens is 258 g/mol. The van der Waals surface area contributed by atoms with Crippen LogP contribution in [-0.4, -0.2) is 15.2 Å². The Morgan fingerprint density at radius 3 is 2.37 bits per heavy atom. The fourth-order valence-electron chi connectivity index (χ4n) is 2.12. The molecule has 3 rings (SSSR count). The lowest BCUT2D eigenvalue weighted by Crippen LogP contribution is -1.84. The van der Waals surface area contributed by atoms with Crippen LogP contribution in [0.25, 0.3) is 20.8 Å². The first-order valence-corrected chi connectivity index (χ1v) is 6.76. The van der Waals surface area contributed by atoms with Gasteiger partial charge in [-0.05, 0) is 55.3 Å². The van der Waals surface area contributed by atoms with E-state index in [-0.39, 0.29) is 5.75 Å². The average Bonchev–Trinajstić information content (AvgIpc) is 2.78. The monoisotopic (exact) mass is 271 g/mol. The first-order chi connectivity index (χ1) is 9.04. The molecule has 19 heavy (non-hydrogen) atoms. The summed E-state index contributed by atoms with van der Waals surface area (Å²) in [4.78, 5) is 4.56. The standard InChI is InChI=1S/C15H13NO2S/c1-8-5-10(6-9(2)14(8)18)15-16-12-4-3-11(17)7-13(12)19-15/h3-7,17-18H,1-2H3. The van der Waals surface area contributed by atoms with Crippen LogP contribution in [0.2, 0.25) is 0 Å². The maximum Gasteiger partial charge on any atom is 0.124 e. The zero-order chi connectivity index (χ0) is 13.6. The topological polar surface area (TPSA) is 53.4 Å². The molecule has 4 heteroatoms. The molecule has 2 aromatic carbocycles. The van der Waals surface area contributed by atoms with Gasteiger partial charge in [0.2, 0.25) is 0 Å². The van der Waals surface area contributed by atoms with Gasteiger partial charge in [-0.1, -0.05) is 0 Å². The molecule has 1 heterocycles. The summed E-state index contributed by atoms with van der Waals surface area (Å²) in [6.07, 6.45) is 0. The third-order valence-corrected chi connectivity index (χ3v) is 4.18. The predicted octanol–water partition coefficient (Wildman–Crippen LogP) is 3.99. The maximum absolute atomic E-state index is 9.80. The van der Waals surface area contributed by atoms with Crippen molar-refractivity contribution in [1.29, 1.82) is 0 Å². The van der Waals surface area contributed by atoms with E-state index in [1.807, 2.05) is 32.0 Å². The Bertz CT molecular complexity index is 754. The van der Waals surface area contributed by atoms with Crippen LogP contribution < -0.4 is 0 Å². The highest BCUT2D eigenvalue weighted by Gasteiger charge is 2.10. The number of fused-ring (bicyclic) bond motifs is 1. The van der Waals surface area contributed by atoms with Crippen LogP contribution in [-0.2, 0) is 0 Å². The number of thiazole rings is 1. The van der Waals surface area contributed by atoms with Crippen molar-refractivity contribution >= 4 is 21.6 Å². The summed E-state index contributed by atoms with van der Waals surface area (Å²) >= 11 is 1.54. The number of phenols is 2. The second-order valence-electron chi connectivity index (χ2n) is 4.63. The van der Waals surface area contributed by atoms with Crippen molar-refractivity contribution < 1.29 is 10.2 Å². The second kappa shape index (κ2) is 4.24. The number of hydrogen-bond acceptors (Lipinski definition) is 4. The van der Waals surface area contributed by atoms with E-state index in [1.54, 1.807) is 12.1 Å². The van der Waals surface area contributed by atoms with E-state index < -0.39 is 0 Å². The smallest absolute Gasteiger partial charge is 0.124 e. The van der Waals surface area contributed by atoms with Gasteiger partial charge >= 0.3 is 0 Å². The van der Waals surface area contributed by atoms with Crippen molar-refractivity contribution in [3.8, 4) is 22.1 Å². The molecule has 0 aliphatic heterocycles. The minimum atomic E-state index is 0.251. The summed E-state index contributed by atoms with van der Waals surface area (Å²) in [6, 6.07) is 9.03. The summed E-state index contributed by atoms with van der Waals surface area (Å²) in [5.41, 5.74) is 3.56. The summed E-state index contributed by atoms with van der Waals surface area (Å²) in [6.45, 7) is 3.76. The zero-order valence-corrected chi connectivity index (χ0v) is 11.5. The molecule has 0 amide bonds. The molecule has 0 aliphatic carbocycles. The molecule has 0 unspecified atom stereocenters. The molecule has 0 radical (unpaired) electrons. The molecule has 3 aromatic rings. The van der Waals surface area contributed by atoms with E-state index in [4.69, 9.17) is 0 Å². The van der Waals surface area contributed by atoms with E-state index >= 15 is 0 Å². The van der Waals surface area contributed by atoms with Gasteiger partial charge in [0.05, 0.1) is 10.2 Å². The summed E-state index contributed by atoms with van der Waals surface area (Å²) in [7, 11) is 0. The SMILES string of the molecule is Cc1cc(-c2nc3ccc(O)cc3s2)cc(C)c1O. The normalized spacial score (nSPS) is 11.1. The Morgan fingerprint density at radius 1 is 1.00 bits per heavy atom. The Morgan fingerprint density at radius 2 is 1.68 bits per heavy atom. The molecule has 0 aliphatic rings. The van der Waals surface area contributed by atoms with Gasteiger partial charge in [-0.2, -0.15) is 0 Å². The van der Waals surface area contributed by atoms with E-state index in [0.717, 1.165) is 31.9 Å². The third kappa shape index (κ3) is 2.04. The highest BCUT2D eigenvalue weighted by atomic mass is 32.1. The van der Waals surface area contributed by atoms with Crippen molar-refractivity contribution in [3.05, 3.63) is 41.5 Å². The minimum Gasteiger partial charge on any atom is -0.508 e. The minimum absolute atomic E-state index is 0.251. The van der Waals surface area contributed by atoms with Crippen LogP contribution in [0.4, 0.5) is 0 Å². The Kier molecular flexibility index (Phi) is 2.68. The molecule has 0 fully saturated rings. The highest BCUT2D eigenvalue weighted by molar-refractivity contribution is 7.21. The van der Waals surface area contributed by atoms with Gasteiger partial charge in [0.15, 0.2) is 0 Å². The molecule has 96 valence electrons.